The summed E-state index contributed by atoms with van der Waals surface area (Å²) in [5, 5.41) is 4.94. The van der Waals surface area contributed by atoms with Gasteiger partial charge in [-0.15, -0.1) is 0 Å². The van der Waals surface area contributed by atoms with Gasteiger partial charge in [0.2, 0.25) is 0 Å². The molecule has 0 amide bonds. The third kappa shape index (κ3) is 3.32. The van der Waals surface area contributed by atoms with Gasteiger partial charge in [-0.05, 0) is 43.9 Å². The van der Waals surface area contributed by atoms with Gasteiger partial charge in [0.1, 0.15) is 11.3 Å². The monoisotopic (exact) mass is 285 g/mol. The first-order valence-corrected chi connectivity index (χ1v) is 8.50. The minimum absolute atomic E-state index is 0.375. The molecule has 0 bridgehead atoms. The Bertz CT molecular complexity index is 580. The van der Waals surface area contributed by atoms with Gasteiger partial charge in [-0.1, -0.05) is 50.8 Å². The molecule has 0 saturated heterocycles. The summed E-state index contributed by atoms with van der Waals surface area (Å²) in [5.74, 6) is 1.99. The zero-order chi connectivity index (χ0) is 14.7. The largest absolute Gasteiger partial charge is 0.459 e. The summed E-state index contributed by atoms with van der Waals surface area (Å²) in [4.78, 5) is 0. The summed E-state index contributed by atoms with van der Waals surface area (Å²) >= 11 is 0. The van der Waals surface area contributed by atoms with Gasteiger partial charge >= 0.3 is 0 Å². The van der Waals surface area contributed by atoms with Crippen LogP contribution in [0.5, 0.6) is 0 Å². The second kappa shape index (κ2) is 6.65. The Morgan fingerprint density at radius 1 is 1.29 bits per heavy atom. The summed E-state index contributed by atoms with van der Waals surface area (Å²) < 4.78 is 6.21. The Morgan fingerprint density at radius 2 is 2.10 bits per heavy atom. The van der Waals surface area contributed by atoms with Crippen molar-refractivity contribution < 1.29 is 4.42 Å². The molecule has 0 spiro atoms. The lowest BCUT2D eigenvalue weighted by atomic mass is 9.96. The predicted octanol–water partition coefficient (Wildman–Crippen LogP) is 5.36. The van der Waals surface area contributed by atoms with Crippen molar-refractivity contribution in [3.05, 3.63) is 35.6 Å². The lowest BCUT2D eigenvalue weighted by Gasteiger charge is -2.20. The summed E-state index contributed by atoms with van der Waals surface area (Å²) in [6, 6.07) is 9.01. The Morgan fingerprint density at radius 3 is 2.81 bits per heavy atom. The van der Waals surface area contributed by atoms with Gasteiger partial charge in [-0.25, -0.2) is 0 Å². The van der Waals surface area contributed by atoms with Crippen LogP contribution in [-0.4, -0.2) is 6.54 Å². The van der Waals surface area contributed by atoms with Crippen LogP contribution in [0.15, 0.2) is 28.7 Å². The third-order valence-corrected chi connectivity index (χ3v) is 4.79. The van der Waals surface area contributed by atoms with Crippen molar-refractivity contribution in [1.29, 1.82) is 0 Å². The number of para-hydroxylation sites is 1. The molecule has 2 aromatic rings. The number of rotatable bonds is 6. The topological polar surface area (TPSA) is 25.2 Å². The highest BCUT2D eigenvalue weighted by atomic mass is 16.3. The summed E-state index contributed by atoms with van der Waals surface area (Å²) in [6.07, 6.45) is 7.99. The van der Waals surface area contributed by atoms with Gasteiger partial charge in [0, 0.05) is 5.39 Å². The molecule has 1 saturated carbocycles. The third-order valence-electron chi connectivity index (χ3n) is 4.79. The fraction of sp³-hybridized carbons (Fsp3) is 0.579. The predicted molar refractivity (Wildman–Crippen MR) is 88.6 cm³/mol. The van der Waals surface area contributed by atoms with Crippen molar-refractivity contribution in [3.63, 3.8) is 0 Å². The van der Waals surface area contributed by atoms with Gasteiger partial charge in [-0.3, -0.25) is 0 Å². The fourth-order valence-electron chi connectivity index (χ4n) is 3.60. The van der Waals surface area contributed by atoms with E-state index >= 15 is 0 Å². The first kappa shape index (κ1) is 14.6. The molecule has 1 aromatic heterocycles. The van der Waals surface area contributed by atoms with Crippen LogP contribution in [0.3, 0.4) is 0 Å². The SMILES string of the molecule is CCCNC(CC1CCCC1)c1cc2cccc(C)c2o1. The maximum Gasteiger partial charge on any atom is 0.137 e. The summed E-state index contributed by atoms with van der Waals surface area (Å²) in [7, 11) is 0. The summed E-state index contributed by atoms with van der Waals surface area (Å²) in [6.45, 7) is 5.41. The van der Waals surface area contributed by atoms with E-state index in [1.54, 1.807) is 0 Å². The Kier molecular flexibility index (Phi) is 4.64. The highest BCUT2D eigenvalue weighted by Gasteiger charge is 2.23. The van der Waals surface area contributed by atoms with E-state index in [1.165, 1.54) is 49.5 Å². The van der Waals surface area contributed by atoms with E-state index in [-0.39, 0.29) is 0 Å². The maximum atomic E-state index is 6.21. The molecule has 3 rings (SSSR count). The number of fused-ring (bicyclic) bond motifs is 1. The van der Waals surface area contributed by atoms with Gasteiger partial charge in [0.15, 0.2) is 0 Å². The zero-order valence-corrected chi connectivity index (χ0v) is 13.3. The Balaban J connectivity index is 1.83. The smallest absolute Gasteiger partial charge is 0.137 e. The lowest BCUT2D eigenvalue weighted by molar-refractivity contribution is 0.350. The van der Waals surface area contributed by atoms with E-state index < -0.39 is 0 Å². The molecule has 2 heteroatoms. The van der Waals surface area contributed by atoms with E-state index in [0.29, 0.717) is 6.04 Å². The first-order chi connectivity index (χ1) is 10.3. The molecule has 1 atom stereocenters. The molecule has 2 nitrogen and oxygen atoms in total. The Labute approximate surface area is 127 Å². The molecule has 21 heavy (non-hydrogen) atoms. The molecule has 1 heterocycles. The number of furan rings is 1. The van der Waals surface area contributed by atoms with Crippen LogP contribution in [0.1, 0.15) is 62.8 Å². The quantitative estimate of drug-likeness (QED) is 0.772. The molecule has 0 aliphatic heterocycles. The van der Waals surface area contributed by atoms with Crippen LogP contribution >= 0.6 is 0 Å². The number of hydrogen-bond acceptors (Lipinski definition) is 2. The van der Waals surface area contributed by atoms with Crippen LogP contribution in [0.2, 0.25) is 0 Å². The average molecular weight is 285 g/mol. The van der Waals surface area contributed by atoms with Gasteiger partial charge in [0.05, 0.1) is 6.04 Å². The minimum atomic E-state index is 0.375. The molecular formula is C19H27NO. The molecule has 0 radical (unpaired) electrons. The first-order valence-electron chi connectivity index (χ1n) is 8.50. The molecule has 114 valence electrons. The molecule has 1 aromatic carbocycles. The number of benzene rings is 1. The van der Waals surface area contributed by atoms with Crippen molar-refractivity contribution >= 4 is 11.0 Å². The van der Waals surface area contributed by atoms with Crippen LogP contribution in [0.4, 0.5) is 0 Å². The van der Waals surface area contributed by atoms with Crippen LogP contribution in [0.25, 0.3) is 11.0 Å². The number of nitrogens with one attached hydrogen (secondary N) is 1. The number of hydrogen-bond donors (Lipinski definition) is 1. The molecule has 1 aliphatic rings. The number of aryl methyl sites for hydroxylation is 1. The standard InChI is InChI=1S/C19H27NO/c1-3-11-20-17(12-15-8-4-5-9-15)18-13-16-10-6-7-14(2)19(16)21-18/h6-7,10,13,15,17,20H,3-5,8-9,11-12H2,1-2H3. The van der Waals surface area contributed by atoms with Crippen molar-refractivity contribution in [1.82, 2.24) is 5.32 Å². The van der Waals surface area contributed by atoms with Crippen LogP contribution < -0.4 is 5.32 Å². The average Bonchev–Trinajstić information content (AvgIpc) is 3.13. The van der Waals surface area contributed by atoms with E-state index in [9.17, 15) is 0 Å². The van der Waals surface area contributed by atoms with E-state index in [0.717, 1.165) is 23.8 Å². The molecule has 1 fully saturated rings. The van der Waals surface area contributed by atoms with Gasteiger partial charge in [-0.2, -0.15) is 0 Å². The Hall–Kier alpha value is -1.28. The van der Waals surface area contributed by atoms with E-state index in [2.05, 4.69) is 43.4 Å². The van der Waals surface area contributed by atoms with Gasteiger partial charge in [0.25, 0.3) is 0 Å². The molecule has 1 aliphatic carbocycles. The minimum Gasteiger partial charge on any atom is -0.459 e. The van der Waals surface area contributed by atoms with E-state index in [4.69, 9.17) is 4.42 Å². The maximum absolute atomic E-state index is 6.21. The van der Waals surface area contributed by atoms with Crippen LogP contribution in [0, 0.1) is 12.8 Å². The van der Waals surface area contributed by atoms with Gasteiger partial charge < -0.3 is 9.73 Å². The zero-order valence-electron chi connectivity index (χ0n) is 13.3. The van der Waals surface area contributed by atoms with Crippen molar-refractivity contribution in [3.8, 4) is 0 Å². The summed E-state index contributed by atoms with van der Waals surface area (Å²) in [5.41, 5.74) is 2.29. The molecule has 1 unspecified atom stereocenters. The highest BCUT2D eigenvalue weighted by Crippen LogP contribution is 2.35. The molecule has 1 N–H and O–H groups in total. The van der Waals surface area contributed by atoms with Crippen molar-refractivity contribution in [2.24, 2.45) is 5.92 Å². The highest BCUT2D eigenvalue weighted by molar-refractivity contribution is 5.81. The fourth-order valence-corrected chi connectivity index (χ4v) is 3.60. The van der Waals surface area contributed by atoms with Crippen molar-refractivity contribution in [2.45, 2.75) is 58.4 Å². The van der Waals surface area contributed by atoms with E-state index in [1.807, 2.05) is 0 Å². The second-order valence-electron chi connectivity index (χ2n) is 6.53. The van der Waals surface area contributed by atoms with Crippen molar-refractivity contribution in [2.75, 3.05) is 6.54 Å². The van der Waals surface area contributed by atoms with Crippen LogP contribution in [-0.2, 0) is 0 Å². The second-order valence-corrected chi connectivity index (χ2v) is 6.53. The molecular weight excluding hydrogens is 258 g/mol. The lowest BCUT2D eigenvalue weighted by Crippen LogP contribution is -2.23. The normalized spacial score (nSPS) is 17.6.